The lowest BCUT2D eigenvalue weighted by Gasteiger charge is -2.07. The van der Waals surface area contributed by atoms with Crippen LogP contribution in [0.5, 0.6) is 5.75 Å². The van der Waals surface area contributed by atoms with Crippen molar-refractivity contribution in [2.24, 2.45) is 0 Å². The molecule has 1 N–H and O–H groups in total. The molecule has 1 fully saturated rings. The van der Waals surface area contributed by atoms with Crippen LogP contribution in [0.2, 0.25) is 0 Å². The van der Waals surface area contributed by atoms with E-state index >= 15 is 0 Å². The van der Waals surface area contributed by atoms with Gasteiger partial charge in [0.25, 0.3) is 0 Å². The molecule has 0 bridgehead atoms. The van der Waals surface area contributed by atoms with Crippen LogP contribution < -0.4 is 10.1 Å². The summed E-state index contributed by atoms with van der Waals surface area (Å²) in [6.45, 7) is 3.44. The summed E-state index contributed by atoms with van der Waals surface area (Å²) in [4.78, 5) is 11.5. The van der Waals surface area contributed by atoms with Crippen molar-refractivity contribution in [3.63, 3.8) is 0 Å². The Morgan fingerprint density at radius 3 is 2.67 bits per heavy atom. The van der Waals surface area contributed by atoms with Crippen LogP contribution in [-0.2, 0) is 19.0 Å². The zero-order valence-corrected chi connectivity index (χ0v) is 12.3. The molecule has 0 aromatic heterocycles. The Morgan fingerprint density at radius 2 is 2.00 bits per heavy atom. The first-order chi connectivity index (χ1) is 10.3. The molecule has 2 atom stereocenters. The van der Waals surface area contributed by atoms with E-state index in [0.717, 1.165) is 11.3 Å². The van der Waals surface area contributed by atoms with Gasteiger partial charge in [0.15, 0.2) is 6.79 Å². The van der Waals surface area contributed by atoms with Crippen LogP contribution in [0.4, 0.5) is 0 Å². The maximum atomic E-state index is 11.5. The summed E-state index contributed by atoms with van der Waals surface area (Å²) < 4.78 is 20.5. The second-order valence-corrected chi connectivity index (χ2v) is 4.61. The molecular weight excluding hydrogens is 274 g/mol. The number of rotatable bonds is 9. The Morgan fingerprint density at radius 1 is 1.24 bits per heavy atom. The number of carbonyl (C=O) groups is 1. The molecule has 0 aliphatic carbocycles. The SMILES string of the molecule is CCOC(=O)[C@@H]1N[C@H]1c1ccc(OCOCCOC)cc1. The first kappa shape index (κ1) is 15.8. The quantitative estimate of drug-likeness (QED) is 0.320. The molecule has 0 unspecified atom stereocenters. The molecule has 0 saturated carbocycles. The van der Waals surface area contributed by atoms with Gasteiger partial charge >= 0.3 is 5.97 Å². The lowest BCUT2D eigenvalue weighted by atomic mass is 10.1. The van der Waals surface area contributed by atoms with Crippen LogP contribution in [0.15, 0.2) is 24.3 Å². The van der Waals surface area contributed by atoms with Crippen molar-refractivity contribution in [1.29, 1.82) is 0 Å². The fourth-order valence-electron chi connectivity index (χ4n) is 1.95. The zero-order valence-electron chi connectivity index (χ0n) is 12.3. The molecule has 1 aliphatic heterocycles. The van der Waals surface area contributed by atoms with Gasteiger partial charge in [0.1, 0.15) is 11.8 Å². The number of nitrogens with one attached hydrogen (secondary N) is 1. The molecular formula is C15H21NO5. The number of methoxy groups -OCH3 is 1. The van der Waals surface area contributed by atoms with Gasteiger partial charge in [-0.05, 0) is 24.6 Å². The van der Waals surface area contributed by atoms with Crippen LogP contribution in [0.1, 0.15) is 18.5 Å². The lowest BCUT2D eigenvalue weighted by molar-refractivity contribution is -0.142. The van der Waals surface area contributed by atoms with E-state index in [1.54, 1.807) is 14.0 Å². The third kappa shape index (κ3) is 4.70. The van der Waals surface area contributed by atoms with Crippen LogP contribution in [0, 0.1) is 0 Å². The van der Waals surface area contributed by atoms with Crippen LogP contribution in [0.3, 0.4) is 0 Å². The number of esters is 1. The van der Waals surface area contributed by atoms with Gasteiger partial charge in [-0.3, -0.25) is 10.1 Å². The maximum Gasteiger partial charge on any atom is 0.325 e. The Hall–Kier alpha value is -1.63. The Kier molecular flexibility index (Phi) is 5.98. The summed E-state index contributed by atoms with van der Waals surface area (Å²) in [5.41, 5.74) is 1.04. The fraction of sp³-hybridized carbons (Fsp3) is 0.533. The van der Waals surface area contributed by atoms with Gasteiger partial charge < -0.3 is 18.9 Å². The molecule has 1 heterocycles. The normalized spacial score (nSPS) is 20.1. The van der Waals surface area contributed by atoms with Gasteiger partial charge in [0.05, 0.1) is 25.9 Å². The molecule has 21 heavy (non-hydrogen) atoms. The number of hydrogen-bond acceptors (Lipinski definition) is 6. The average Bonchev–Trinajstić information content (AvgIpc) is 3.29. The summed E-state index contributed by atoms with van der Waals surface area (Å²) >= 11 is 0. The van der Waals surface area contributed by atoms with E-state index in [9.17, 15) is 4.79 Å². The summed E-state index contributed by atoms with van der Waals surface area (Å²) in [6, 6.07) is 7.39. The molecule has 1 aromatic carbocycles. The second-order valence-electron chi connectivity index (χ2n) is 4.61. The zero-order chi connectivity index (χ0) is 15.1. The fourth-order valence-corrected chi connectivity index (χ4v) is 1.95. The topological polar surface area (TPSA) is 75.9 Å². The molecule has 6 heteroatoms. The number of carbonyl (C=O) groups excluding carboxylic acids is 1. The van der Waals surface area contributed by atoms with Crippen molar-refractivity contribution in [3.8, 4) is 5.75 Å². The van der Waals surface area contributed by atoms with Crippen molar-refractivity contribution < 1.29 is 23.7 Å². The Labute approximate surface area is 124 Å². The summed E-state index contributed by atoms with van der Waals surface area (Å²) in [5, 5.41) is 3.10. The minimum atomic E-state index is -0.228. The third-order valence-electron chi connectivity index (χ3n) is 3.10. The van der Waals surface area contributed by atoms with Crippen molar-refractivity contribution >= 4 is 5.97 Å². The monoisotopic (exact) mass is 295 g/mol. The van der Waals surface area contributed by atoms with E-state index in [1.165, 1.54) is 0 Å². The van der Waals surface area contributed by atoms with Gasteiger partial charge in [0, 0.05) is 7.11 Å². The summed E-state index contributed by atoms with van der Waals surface area (Å²) in [7, 11) is 1.62. The highest BCUT2D eigenvalue weighted by molar-refractivity contribution is 5.80. The third-order valence-corrected chi connectivity index (χ3v) is 3.10. The highest BCUT2D eigenvalue weighted by Crippen LogP contribution is 2.31. The van der Waals surface area contributed by atoms with Gasteiger partial charge in [0.2, 0.25) is 0 Å². The molecule has 116 valence electrons. The van der Waals surface area contributed by atoms with Crippen molar-refractivity contribution in [2.45, 2.75) is 19.0 Å². The second kappa shape index (κ2) is 7.97. The summed E-state index contributed by atoms with van der Waals surface area (Å²) in [5.74, 6) is 0.527. The Bertz CT molecular complexity index is 448. The molecule has 1 aliphatic rings. The number of benzene rings is 1. The van der Waals surface area contributed by atoms with Gasteiger partial charge in [-0.15, -0.1) is 0 Å². The van der Waals surface area contributed by atoms with Gasteiger partial charge in [-0.1, -0.05) is 12.1 Å². The average molecular weight is 295 g/mol. The predicted octanol–water partition coefficient (Wildman–Crippen LogP) is 1.26. The standard InChI is InChI=1S/C15H21NO5/c1-3-20-15(17)14-13(16-14)11-4-6-12(7-5-11)21-10-19-9-8-18-2/h4-7,13-14,16H,3,8-10H2,1-2H3/t13-,14+/m0/s1. The minimum absolute atomic E-state index is 0.0380. The van der Waals surface area contributed by atoms with Crippen molar-refractivity contribution in [2.75, 3.05) is 33.7 Å². The molecule has 0 radical (unpaired) electrons. The minimum Gasteiger partial charge on any atom is -0.468 e. The number of ether oxygens (including phenoxy) is 4. The van der Waals surface area contributed by atoms with E-state index < -0.39 is 0 Å². The van der Waals surface area contributed by atoms with Crippen LogP contribution in [-0.4, -0.2) is 45.7 Å². The molecule has 1 saturated heterocycles. The molecule has 1 aromatic rings. The first-order valence-electron chi connectivity index (χ1n) is 6.98. The highest BCUT2D eigenvalue weighted by Gasteiger charge is 2.44. The van der Waals surface area contributed by atoms with E-state index in [4.69, 9.17) is 18.9 Å². The Balaban J connectivity index is 1.74. The van der Waals surface area contributed by atoms with Gasteiger partial charge in [-0.2, -0.15) is 0 Å². The molecule has 6 nitrogen and oxygen atoms in total. The van der Waals surface area contributed by atoms with E-state index in [0.29, 0.717) is 19.8 Å². The van der Waals surface area contributed by atoms with E-state index in [-0.39, 0.29) is 24.8 Å². The first-order valence-corrected chi connectivity index (χ1v) is 6.98. The van der Waals surface area contributed by atoms with Crippen LogP contribution >= 0.6 is 0 Å². The summed E-state index contributed by atoms with van der Waals surface area (Å²) in [6.07, 6.45) is 0. The van der Waals surface area contributed by atoms with E-state index in [2.05, 4.69) is 5.32 Å². The van der Waals surface area contributed by atoms with Crippen LogP contribution in [0.25, 0.3) is 0 Å². The van der Waals surface area contributed by atoms with Gasteiger partial charge in [-0.25, -0.2) is 0 Å². The number of hydrogen-bond donors (Lipinski definition) is 1. The van der Waals surface area contributed by atoms with Crippen molar-refractivity contribution in [1.82, 2.24) is 5.32 Å². The smallest absolute Gasteiger partial charge is 0.325 e. The molecule has 0 spiro atoms. The van der Waals surface area contributed by atoms with Crippen molar-refractivity contribution in [3.05, 3.63) is 29.8 Å². The maximum absolute atomic E-state index is 11.5. The largest absolute Gasteiger partial charge is 0.468 e. The lowest BCUT2D eigenvalue weighted by Crippen LogP contribution is -2.13. The molecule has 2 rings (SSSR count). The molecule has 0 amide bonds. The van der Waals surface area contributed by atoms with E-state index in [1.807, 2.05) is 24.3 Å². The predicted molar refractivity (Wildman–Crippen MR) is 76.1 cm³/mol. The highest BCUT2D eigenvalue weighted by atomic mass is 16.7.